The van der Waals surface area contributed by atoms with E-state index in [1.807, 2.05) is 51.2 Å². The van der Waals surface area contributed by atoms with Gasteiger partial charge in [-0.2, -0.15) is 0 Å². The van der Waals surface area contributed by atoms with Crippen LogP contribution in [-0.2, 0) is 0 Å². The van der Waals surface area contributed by atoms with Crippen LogP contribution in [-0.4, -0.2) is 40.0 Å². The van der Waals surface area contributed by atoms with E-state index in [2.05, 4.69) is 21.8 Å². The second kappa shape index (κ2) is 5.73. The molecule has 0 unspecified atom stereocenters. The maximum atomic E-state index is 12.3. The predicted molar refractivity (Wildman–Crippen MR) is 89.0 cm³/mol. The van der Waals surface area contributed by atoms with E-state index in [9.17, 15) is 4.79 Å². The largest absolute Gasteiger partial charge is 0.324 e. The van der Waals surface area contributed by atoms with E-state index in [1.165, 1.54) is 0 Å². The van der Waals surface area contributed by atoms with Crippen LogP contribution in [0.2, 0.25) is 0 Å². The van der Waals surface area contributed by atoms with Gasteiger partial charge in [-0.3, -0.25) is 4.90 Å². The molecule has 1 aliphatic rings. The maximum absolute atomic E-state index is 12.3. The molecule has 0 bridgehead atoms. The lowest BCUT2D eigenvalue weighted by Crippen LogP contribution is -2.38. The summed E-state index contributed by atoms with van der Waals surface area (Å²) in [6.07, 6.45) is 3.30. The van der Waals surface area contributed by atoms with Crippen molar-refractivity contribution in [2.75, 3.05) is 18.5 Å². The van der Waals surface area contributed by atoms with Crippen molar-refractivity contribution in [2.45, 2.75) is 19.4 Å². The lowest BCUT2D eigenvalue weighted by molar-refractivity contribution is 0.198. The molecule has 116 valence electrons. The van der Waals surface area contributed by atoms with Crippen LogP contribution >= 0.6 is 0 Å². The van der Waals surface area contributed by atoms with Crippen LogP contribution in [0.4, 0.5) is 10.5 Å². The van der Waals surface area contributed by atoms with E-state index < -0.39 is 0 Å². The van der Waals surface area contributed by atoms with Crippen LogP contribution in [0.5, 0.6) is 0 Å². The summed E-state index contributed by atoms with van der Waals surface area (Å²) in [7, 11) is 1.81. The van der Waals surface area contributed by atoms with E-state index in [0.29, 0.717) is 18.1 Å². The van der Waals surface area contributed by atoms with Crippen molar-refractivity contribution in [1.82, 2.24) is 14.9 Å². The Bertz CT molecular complexity index is 772. The quantitative estimate of drug-likeness (QED) is 0.761. The molecule has 2 amide bonds. The summed E-state index contributed by atoms with van der Waals surface area (Å²) in [4.78, 5) is 24.2. The molecule has 0 atom stereocenters. The minimum Gasteiger partial charge on any atom is -0.320 e. The molecule has 1 fully saturated rings. The Hall–Kier alpha value is -2.87. The molecule has 23 heavy (non-hydrogen) atoms. The number of hydrogen-bond acceptors (Lipinski definition) is 3. The molecule has 0 spiro atoms. The summed E-state index contributed by atoms with van der Waals surface area (Å²) in [5.41, 5.74) is 1.40. The second-order valence-electron chi connectivity index (χ2n) is 6.12. The molecular weight excluding hydrogens is 288 g/mol. The Kier molecular flexibility index (Phi) is 3.75. The predicted octanol–water partition coefficient (Wildman–Crippen LogP) is 2.53. The number of anilines is 1. The van der Waals surface area contributed by atoms with Crippen molar-refractivity contribution >= 4 is 11.7 Å². The van der Waals surface area contributed by atoms with Crippen molar-refractivity contribution in [3.8, 4) is 11.8 Å². The van der Waals surface area contributed by atoms with Gasteiger partial charge in [-0.15, -0.1) is 0 Å². The Morgan fingerprint density at radius 1 is 1.09 bits per heavy atom. The Balaban J connectivity index is 1.79. The van der Waals surface area contributed by atoms with Crippen LogP contribution in [0.25, 0.3) is 0 Å². The highest BCUT2D eigenvalue weighted by Crippen LogP contribution is 2.28. The molecule has 1 aromatic carbocycles. The molecule has 1 aliphatic heterocycles. The summed E-state index contributed by atoms with van der Waals surface area (Å²) in [5, 5.41) is 0. The molecule has 3 rings (SSSR count). The van der Waals surface area contributed by atoms with Crippen LogP contribution < -0.4 is 4.90 Å². The number of rotatable bonds is 1. The summed E-state index contributed by atoms with van der Waals surface area (Å²) in [6.45, 7) is 4.68. The highest BCUT2D eigenvalue weighted by atomic mass is 16.2. The minimum atomic E-state index is -0.205. The number of aromatic nitrogens is 2. The number of carbonyl (C=O) groups excluding carboxylic acids is 1. The van der Waals surface area contributed by atoms with Gasteiger partial charge in [0.1, 0.15) is 0 Å². The number of benzene rings is 1. The molecule has 5 nitrogen and oxygen atoms in total. The summed E-state index contributed by atoms with van der Waals surface area (Å²) in [6, 6.07) is 9.64. The molecular formula is C18H18N4O. The average Bonchev–Trinajstić information content (AvgIpc) is 2.78. The second-order valence-corrected chi connectivity index (χ2v) is 6.12. The van der Waals surface area contributed by atoms with Crippen molar-refractivity contribution in [3.05, 3.63) is 54.1 Å². The third kappa shape index (κ3) is 3.02. The van der Waals surface area contributed by atoms with Crippen molar-refractivity contribution in [2.24, 2.45) is 0 Å². The van der Waals surface area contributed by atoms with E-state index >= 15 is 0 Å². The molecule has 1 aromatic heterocycles. The summed E-state index contributed by atoms with van der Waals surface area (Å²) >= 11 is 0. The summed E-state index contributed by atoms with van der Waals surface area (Å²) in [5.74, 6) is 6.39. The zero-order valence-electron chi connectivity index (χ0n) is 13.4. The first kappa shape index (κ1) is 15.0. The van der Waals surface area contributed by atoms with Crippen LogP contribution in [0.15, 0.2) is 42.7 Å². The molecule has 5 heteroatoms. The third-order valence-corrected chi connectivity index (χ3v) is 4.01. The zero-order valence-corrected chi connectivity index (χ0v) is 13.4. The van der Waals surface area contributed by atoms with Gasteiger partial charge in [0.05, 0.1) is 30.2 Å². The number of hydrogen-bond donors (Lipinski definition) is 0. The Morgan fingerprint density at radius 3 is 2.30 bits per heavy atom. The fraction of sp³-hybridized carbons (Fsp3) is 0.278. The van der Waals surface area contributed by atoms with Crippen LogP contribution in [0.1, 0.15) is 25.2 Å². The molecule has 0 radical (unpaired) electrons. The van der Waals surface area contributed by atoms with E-state index in [0.717, 1.165) is 5.56 Å². The van der Waals surface area contributed by atoms with Gasteiger partial charge in [-0.1, -0.05) is 24.1 Å². The molecule has 1 saturated heterocycles. The van der Waals surface area contributed by atoms with Gasteiger partial charge in [-0.25, -0.2) is 14.8 Å². The lowest BCUT2D eigenvalue weighted by atomic mass is 10.1. The Labute approximate surface area is 136 Å². The average molecular weight is 306 g/mol. The van der Waals surface area contributed by atoms with Crippen molar-refractivity contribution in [3.63, 3.8) is 0 Å². The molecule has 2 aromatic rings. The first-order valence-corrected chi connectivity index (χ1v) is 7.42. The van der Waals surface area contributed by atoms with Gasteiger partial charge in [0, 0.05) is 12.6 Å². The molecule has 2 heterocycles. The van der Waals surface area contributed by atoms with Crippen molar-refractivity contribution < 1.29 is 4.79 Å². The SMILES string of the molecule is CN1C(=O)N(c2cnc(C#Cc3ccccc3)nc2)CC1(C)C. The van der Waals surface area contributed by atoms with Crippen molar-refractivity contribution in [1.29, 1.82) is 0 Å². The number of nitrogens with zero attached hydrogens (tertiary/aromatic N) is 4. The monoisotopic (exact) mass is 306 g/mol. The smallest absolute Gasteiger partial charge is 0.320 e. The Morgan fingerprint density at radius 2 is 1.74 bits per heavy atom. The minimum absolute atomic E-state index is 0.0401. The number of amides is 2. The standard InChI is InChI=1S/C18H18N4O/c1-18(2)13-22(17(23)21(18)3)15-11-19-16(20-12-15)10-9-14-7-5-4-6-8-14/h4-8,11-12H,13H2,1-3H3. The molecule has 0 N–H and O–H groups in total. The van der Waals surface area contributed by atoms with E-state index in [-0.39, 0.29) is 11.6 Å². The van der Waals surface area contributed by atoms with Gasteiger partial charge in [0.15, 0.2) is 0 Å². The van der Waals surface area contributed by atoms with Gasteiger partial charge in [-0.05, 0) is 31.9 Å². The van der Waals surface area contributed by atoms with E-state index in [1.54, 1.807) is 22.2 Å². The maximum Gasteiger partial charge on any atom is 0.324 e. The number of urea groups is 1. The fourth-order valence-electron chi connectivity index (χ4n) is 2.38. The first-order chi connectivity index (χ1) is 11.0. The normalized spacial score (nSPS) is 16.2. The van der Waals surface area contributed by atoms with Crippen LogP contribution in [0, 0.1) is 11.8 Å². The molecule has 0 aliphatic carbocycles. The topological polar surface area (TPSA) is 49.3 Å². The van der Waals surface area contributed by atoms with Gasteiger partial charge >= 0.3 is 6.03 Å². The van der Waals surface area contributed by atoms with Crippen LogP contribution in [0.3, 0.4) is 0 Å². The first-order valence-electron chi connectivity index (χ1n) is 7.42. The van der Waals surface area contributed by atoms with E-state index in [4.69, 9.17) is 0 Å². The molecule has 0 saturated carbocycles. The number of likely N-dealkylation sites (N-methyl/N-ethyl adjacent to an activating group) is 1. The van der Waals surface area contributed by atoms with Gasteiger partial charge < -0.3 is 4.90 Å². The third-order valence-electron chi connectivity index (χ3n) is 4.01. The fourth-order valence-corrected chi connectivity index (χ4v) is 2.38. The highest BCUT2D eigenvalue weighted by molar-refractivity contribution is 5.94. The zero-order chi connectivity index (χ0) is 16.4. The highest BCUT2D eigenvalue weighted by Gasteiger charge is 2.41. The van der Waals surface area contributed by atoms with Gasteiger partial charge in [0.25, 0.3) is 0 Å². The number of carbonyl (C=O) groups is 1. The lowest BCUT2D eigenvalue weighted by Gasteiger charge is -2.24. The summed E-state index contributed by atoms with van der Waals surface area (Å²) < 4.78 is 0. The van der Waals surface area contributed by atoms with Gasteiger partial charge in [0.2, 0.25) is 5.82 Å².